The molecule has 126 valence electrons. The highest BCUT2D eigenvalue weighted by Gasteiger charge is 2.47. The van der Waals surface area contributed by atoms with Gasteiger partial charge < -0.3 is 10.2 Å². The van der Waals surface area contributed by atoms with E-state index in [1.54, 1.807) is 6.92 Å². The van der Waals surface area contributed by atoms with Crippen molar-refractivity contribution in [3.05, 3.63) is 35.9 Å². The largest absolute Gasteiger partial charge is 0.471 e. The van der Waals surface area contributed by atoms with E-state index in [-0.39, 0.29) is 19.0 Å². The van der Waals surface area contributed by atoms with Crippen LogP contribution in [0, 0.1) is 0 Å². The summed E-state index contributed by atoms with van der Waals surface area (Å²) in [4.78, 5) is 24.2. The number of hydrogen-bond acceptors (Lipinski definition) is 2. The predicted octanol–water partition coefficient (Wildman–Crippen LogP) is 2.29. The van der Waals surface area contributed by atoms with E-state index in [1.807, 2.05) is 30.3 Å². The molecule has 0 saturated carbocycles. The minimum absolute atomic E-state index is 0.0382. The molecule has 1 N–H and O–H groups in total. The quantitative estimate of drug-likeness (QED) is 0.922. The number of rotatable bonds is 4. The maximum absolute atomic E-state index is 12.6. The summed E-state index contributed by atoms with van der Waals surface area (Å²) in [7, 11) is 0. The van der Waals surface area contributed by atoms with Crippen molar-refractivity contribution in [1.82, 2.24) is 10.2 Å². The van der Waals surface area contributed by atoms with Gasteiger partial charge in [0.05, 0.1) is 0 Å². The highest BCUT2D eigenvalue weighted by molar-refractivity contribution is 5.90. The summed E-state index contributed by atoms with van der Waals surface area (Å²) in [6, 6.07) is 8.20. The van der Waals surface area contributed by atoms with E-state index >= 15 is 0 Å². The van der Waals surface area contributed by atoms with Crippen molar-refractivity contribution in [3.8, 4) is 0 Å². The molecule has 1 heterocycles. The maximum Gasteiger partial charge on any atom is 0.471 e. The van der Waals surface area contributed by atoms with Gasteiger partial charge in [-0.25, -0.2) is 0 Å². The van der Waals surface area contributed by atoms with Crippen LogP contribution in [-0.2, 0) is 16.0 Å². The number of alkyl halides is 3. The monoisotopic (exact) mass is 328 g/mol. The molecule has 23 heavy (non-hydrogen) atoms. The van der Waals surface area contributed by atoms with Gasteiger partial charge in [0.25, 0.3) is 0 Å². The number of benzene rings is 1. The van der Waals surface area contributed by atoms with Crippen LogP contribution in [0.25, 0.3) is 0 Å². The van der Waals surface area contributed by atoms with Crippen LogP contribution in [0.15, 0.2) is 30.3 Å². The lowest BCUT2D eigenvalue weighted by molar-refractivity contribution is -0.186. The van der Waals surface area contributed by atoms with E-state index in [1.165, 1.54) is 0 Å². The van der Waals surface area contributed by atoms with Gasteiger partial charge >= 0.3 is 12.1 Å². The van der Waals surface area contributed by atoms with Crippen molar-refractivity contribution < 1.29 is 22.8 Å². The fourth-order valence-electron chi connectivity index (χ4n) is 2.80. The molecule has 4 nitrogen and oxygen atoms in total. The van der Waals surface area contributed by atoms with Gasteiger partial charge in [-0.1, -0.05) is 30.3 Å². The number of likely N-dealkylation sites (tertiary alicyclic amines) is 1. The molecule has 0 radical (unpaired) electrons. The number of halogens is 3. The highest BCUT2D eigenvalue weighted by atomic mass is 19.4. The van der Waals surface area contributed by atoms with E-state index < -0.39 is 24.0 Å². The normalized spacial score (nSPS) is 19.5. The topological polar surface area (TPSA) is 49.4 Å². The van der Waals surface area contributed by atoms with Gasteiger partial charge in [0.2, 0.25) is 5.91 Å². The van der Waals surface area contributed by atoms with Crippen molar-refractivity contribution in [2.75, 3.05) is 6.54 Å². The average molecular weight is 328 g/mol. The molecule has 1 aliphatic rings. The molecule has 7 heteroatoms. The van der Waals surface area contributed by atoms with Crippen LogP contribution in [0.3, 0.4) is 0 Å². The van der Waals surface area contributed by atoms with Gasteiger partial charge in [-0.15, -0.1) is 0 Å². The number of hydrogen-bond donors (Lipinski definition) is 1. The van der Waals surface area contributed by atoms with Crippen molar-refractivity contribution in [3.63, 3.8) is 0 Å². The van der Waals surface area contributed by atoms with Gasteiger partial charge in [-0.2, -0.15) is 13.2 Å². The van der Waals surface area contributed by atoms with E-state index in [0.717, 1.165) is 5.56 Å². The van der Waals surface area contributed by atoms with Crippen LogP contribution in [0.5, 0.6) is 0 Å². The Morgan fingerprint density at radius 3 is 2.57 bits per heavy atom. The number of carbonyl (C=O) groups is 2. The first kappa shape index (κ1) is 17.3. The number of carbonyl (C=O) groups excluding carboxylic acids is 2. The van der Waals surface area contributed by atoms with E-state index in [9.17, 15) is 22.8 Å². The Kier molecular flexibility index (Phi) is 5.28. The lowest BCUT2D eigenvalue weighted by Gasteiger charge is -2.26. The average Bonchev–Trinajstić information content (AvgIpc) is 2.95. The lowest BCUT2D eigenvalue weighted by atomic mass is 10.1. The molecule has 0 aliphatic carbocycles. The second-order valence-electron chi connectivity index (χ2n) is 5.75. The molecule has 0 bridgehead atoms. The Labute approximate surface area is 132 Å². The van der Waals surface area contributed by atoms with Crippen molar-refractivity contribution >= 4 is 11.8 Å². The number of amides is 2. The summed E-state index contributed by atoms with van der Waals surface area (Å²) >= 11 is 0. The van der Waals surface area contributed by atoms with E-state index in [2.05, 4.69) is 5.32 Å². The zero-order valence-electron chi connectivity index (χ0n) is 12.8. The number of nitrogens with zero attached hydrogens (tertiary/aromatic N) is 1. The van der Waals surface area contributed by atoms with Crippen molar-refractivity contribution in [2.45, 2.75) is 44.4 Å². The van der Waals surface area contributed by atoms with Crippen molar-refractivity contribution in [1.29, 1.82) is 0 Å². The van der Waals surface area contributed by atoms with E-state index in [4.69, 9.17) is 0 Å². The predicted molar refractivity (Wildman–Crippen MR) is 78.5 cm³/mol. The SMILES string of the molecule is C[C@@H](Cc1ccccc1)NC(=O)[C@@H]1CCCN1C(=O)C(F)(F)F. The molecule has 0 aromatic heterocycles. The molecule has 0 spiro atoms. The molecule has 1 aromatic rings. The summed E-state index contributed by atoms with van der Waals surface area (Å²) in [5.41, 5.74) is 1.02. The summed E-state index contributed by atoms with van der Waals surface area (Å²) in [6.07, 6.45) is -3.72. The van der Waals surface area contributed by atoms with Gasteiger partial charge in [-0.3, -0.25) is 9.59 Å². The van der Waals surface area contributed by atoms with Crippen LogP contribution in [0.1, 0.15) is 25.3 Å². The minimum Gasteiger partial charge on any atom is -0.352 e. The van der Waals surface area contributed by atoms with Gasteiger partial charge in [0, 0.05) is 12.6 Å². The summed E-state index contributed by atoms with van der Waals surface area (Å²) < 4.78 is 37.7. The van der Waals surface area contributed by atoms with Crippen LogP contribution in [0.2, 0.25) is 0 Å². The summed E-state index contributed by atoms with van der Waals surface area (Å²) in [5.74, 6) is -2.46. The lowest BCUT2D eigenvalue weighted by Crippen LogP contribution is -2.51. The Bertz CT molecular complexity index is 560. The molecular formula is C16H19F3N2O2. The van der Waals surface area contributed by atoms with Crippen LogP contribution < -0.4 is 5.32 Å². The molecular weight excluding hydrogens is 309 g/mol. The van der Waals surface area contributed by atoms with Gasteiger partial charge in [-0.05, 0) is 31.7 Å². The first-order valence-corrected chi connectivity index (χ1v) is 7.51. The zero-order chi connectivity index (χ0) is 17.0. The molecule has 0 unspecified atom stereocenters. The third-order valence-electron chi connectivity index (χ3n) is 3.83. The first-order valence-electron chi connectivity index (χ1n) is 7.51. The molecule has 2 atom stereocenters. The number of nitrogens with one attached hydrogen (secondary N) is 1. The van der Waals surface area contributed by atoms with Gasteiger partial charge in [0.15, 0.2) is 0 Å². The Balaban J connectivity index is 1.95. The third-order valence-corrected chi connectivity index (χ3v) is 3.83. The van der Waals surface area contributed by atoms with Crippen LogP contribution in [-0.4, -0.2) is 41.5 Å². The van der Waals surface area contributed by atoms with Crippen LogP contribution in [0.4, 0.5) is 13.2 Å². The fraction of sp³-hybridized carbons (Fsp3) is 0.500. The minimum atomic E-state index is -4.95. The molecule has 2 amide bonds. The molecule has 1 aliphatic heterocycles. The Morgan fingerprint density at radius 1 is 1.30 bits per heavy atom. The standard InChI is InChI=1S/C16H19F3N2O2/c1-11(10-12-6-3-2-4-7-12)20-14(22)13-8-5-9-21(13)15(23)16(17,18)19/h2-4,6-7,11,13H,5,8-10H2,1H3,(H,20,22)/t11-,13-/m0/s1. The molecule has 1 saturated heterocycles. The van der Waals surface area contributed by atoms with E-state index in [0.29, 0.717) is 17.7 Å². The first-order chi connectivity index (χ1) is 10.8. The molecule has 1 fully saturated rings. The summed E-state index contributed by atoms with van der Waals surface area (Å²) in [6.45, 7) is 1.75. The smallest absolute Gasteiger partial charge is 0.352 e. The molecule has 1 aromatic carbocycles. The molecule has 2 rings (SSSR count). The zero-order valence-corrected chi connectivity index (χ0v) is 12.8. The Hall–Kier alpha value is -2.05. The second kappa shape index (κ2) is 7.02. The van der Waals surface area contributed by atoms with Crippen LogP contribution >= 0.6 is 0 Å². The second-order valence-corrected chi connectivity index (χ2v) is 5.75. The van der Waals surface area contributed by atoms with Crippen molar-refractivity contribution in [2.24, 2.45) is 0 Å². The summed E-state index contributed by atoms with van der Waals surface area (Å²) in [5, 5.41) is 2.71. The fourth-order valence-corrected chi connectivity index (χ4v) is 2.80. The third kappa shape index (κ3) is 4.46. The van der Waals surface area contributed by atoms with Gasteiger partial charge in [0.1, 0.15) is 6.04 Å². The highest BCUT2D eigenvalue weighted by Crippen LogP contribution is 2.25. The Morgan fingerprint density at radius 2 is 1.96 bits per heavy atom. The maximum atomic E-state index is 12.6.